The average Bonchev–Trinajstić information content (AvgIpc) is 2.19. The Kier molecular flexibility index (Phi) is 3.77. The molecule has 66 valence electrons. The van der Waals surface area contributed by atoms with Crippen molar-refractivity contribution in [3.8, 4) is 0 Å². The Bertz CT molecular complexity index is 304. The maximum absolute atomic E-state index is 3.80. The Morgan fingerprint density at radius 3 is 2.54 bits per heavy atom. The third-order valence-corrected chi connectivity index (χ3v) is 1.79. The van der Waals surface area contributed by atoms with Gasteiger partial charge in [0.05, 0.1) is 0 Å². The molecule has 0 amide bonds. The molecule has 0 bridgehead atoms. The highest BCUT2D eigenvalue weighted by Crippen LogP contribution is 2.01. The van der Waals surface area contributed by atoms with Crippen LogP contribution in [-0.4, -0.2) is 0 Å². The molecule has 0 atom stereocenters. The molecule has 0 heteroatoms. The van der Waals surface area contributed by atoms with Gasteiger partial charge in [0.15, 0.2) is 0 Å². The Morgan fingerprint density at radius 1 is 1.23 bits per heavy atom. The molecule has 0 aliphatic heterocycles. The van der Waals surface area contributed by atoms with Crippen molar-refractivity contribution >= 4 is 0 Å². The lowest BCUT2D eigenvalue weighted by molar-refractivity contribution is 1.27. The minimum absolute atomic E-state index is 0.952. The Labute approximate surface area is 79.9 Å². The van der Waals surface area contributed by atoms with Crippen molar-refractivity contribution in [2.24, 2.45) is 0 Å². The summed E-state index contributed by atoms with van der Waals surface area (Å²) in [5.74, 6) is 0. The second-order valence-electron chi connectivity index (χ2n) is 2.87. The van der Waals surface area contributed by atoms with Crippen molar-refractivity contribution in [1.29, 1.82) is 0 Å². The molecule has 0 radical (unpaired) electrons. The van der Waals surface area contributed by atoms with Crippen molar-refractivity contribution in [3.05, 3.63) is 72.9 Å². The summed E-state index contributed by atoms with van der Waals surface area (Å²) in [5.41, 5.74) is 2.27. The maximum Gasteiger partial charge on any atom is -0.00941 e. The van der Waals surface area contributed by atoms with Crippen molar-refractivity contribution in [3.63, 3.8) is 0 Å². The van der Waals surface area contributed by atoms with E-state index in [1.807, 2.05) is 24.3 Å². The molecule has 0 aliphatic carbocycles. The zero-order valence-electron chi connectivity index (χ0n) is 7.74. The van der Waals surface area contributed by atoms with Crippen LogP contribution in [0.4, 0.5) is 0 Å². The first-order valence-electron chi connectivity index (χ1n) is 4.34. The van der Waals surface area contributed by atoms with Crippen LogP contribution in [0.25, 0.3) is 0 Å². The lowest BCUT2D eigenvalue weighted by atomic mass is 10.1. The lowest BCUT2D eigenvalue weighted by Crippen LogP contribution is -1.78. The molecular weight excluding hydrogens is 156 g/mol. The van der Waals surface area contributed by atoms with Crippen LogP contribution >= 0.6 is 0 Å². The molecule has 0 saturated carbocycles. The second-order valence-corrected chi connectivity index (χ2v) is 2.87. The van der Waals surface area contributed by atoms with Gasteiger partial charge in [-0.15, -0.1) is 0 Å². The van der Waals surface area contributed by atoms with Gasteiger partial charge in [-0.25, -0.2) is 0 Å². The molecule has 0 saturated heterocycles. The predicted octanol–water partition coefficient (Wildman–Crippen LogP) is 3.53. The van der Waals surface area contributed by atoms with Crippen LogP contribution in [0, 0.1) is 0 Å². The van der Waals surface area contributed by atoms with E-state index in [9.17, 15) is 0 Å². The molecule has 0 heterocycles. The summed E-state index contributed by atoms with van der Waals surface area (Å²) >= 11 is 0. The van der Waals surface area contributed by atoms with E-state index in [0.717, 1.165) is 12.0 Å². The molecule has 0 spiro atoms. The van der Waals surface area contributed by atoms with Crippen LogP contribution in [-0.2, 0) is 6.42 Å². The molecule has 13 heavy (non-hydrogen) atoms. The predicted molar refractivity (Wildman–Crippen MR) is 58.6 cm³/mol. The number of allylic oxidation sites excluding steroid dienone is 4. The smallest absolute Gasteiger partial charge is 0.00941 e. The first-order valence-corrected chi connectivity index (χ1v) is 4.34. The first kappa shape index (κ1) is 9.53. The molecule has 0 unspecified atom stereocenters. The standard InChI is InChI=1S/C13H14/c1-3-12(2)8-7-11-13-9-5-4-6-10-13/h3-10H,1-2,11H2/b8-7-. The van der Waals surface area contributed by atoms with E-state index >= 15 is 0 Å². The van der Waals surface area contributed by atoms with Gasteiger partial charge in [0.2, 0.25) is 0 Å². The van der Waals surface area contributed by atoms with Gasteiger partial charge in [0.25, 0.3) is 0 Å². The summed E-state index contributed by atoms with van der Waals surface area (Å²) in [5, 5.41) is 0. The molecule has 0 aromatic heterocycles. The summed E-state index contributed by atoms with van der Waals surface area (Å²) in [4.78, 5) is 0. The highest BCUT2D eigenvalue weighted by Gasteiger charge is 1.85. The fraction of sp³-hybridized carbons (Fsp3) is 0.0769. The topological polar surface area (TPSA) is 0 Å². The third-order valence-electron chi connectivity index (χ3n) is 1.79. The second kappa shape index (κ2) is 5.15. The van der Waals surface area contributed by atoms with Gasteiger partial charge in [-0.05, 0) is 17.6 Å². The lowest BCUT2D eigenvalue weighted by Gasteiger charge is -1.93. The van der Waals surface area contributed by atoms with Gasteiger partial charge < -0.3 is 0 Å². The summed E-state index contributed by atoms with van der Waals surface area (Å²) in [7, 11) is 0. The Balaban J connectivity index is 2.48. The van der Waals surface area contributed by atoms with Gasteiger partial charge >= 0.3 is 0 Å². The van der Waals surface area contributed by atoms with Gasteiger partial charge in [-0.1, -0.05) is 61.7 Å². The van der Waals surface area contributed by atoms with Crippen LogP contribution in [0.15, 0.2) is 67.3 Å². The largest absolute Gasteiger partial charge is 0.0985 e. The summed E-state index contributed by atoms with van der Waals surface area (Å²) < 4.78 is 0. The number of hydrogen-bond donors (Lipinski definition) is 0. The number of rotatable bonds is 4. The van der Waals surface area contributed by atoms with Crippen molar-refractivity contribution in [2.45, 2.75) is 6.42 Å². The molecule has 0 fully saturated rings. The molecule has 0 aliphatic rings. The molecule has 1 aromatic carbocycles. The molecule has 1 rings (SSSR count). The molecular formula is C13H14. The molecule has 0 nitrogen and oxygen atoms in total. The third kappa shape index (κ3) is 3.57. The van der Waals surface area contributed by atoms with Crippen molar-refractivity contribution < 1.29 is 0 Å². The van der Waals surface area contributed by atoms with Gasteiger partial charge in [-0.2, -0.15) is 0 Å². The molecule has 1 aromatic rings. The van der Waals surface area contributed by atoms with Gasteiger partial charge in [0, 0.05) is 0 Å². The average molecular weight is 170 g/mol. The first-order chi connectivity index (χ1) is 6.33. The zero-order chi connectivity index (χ0) is 9.52. The van der Waals surface area contributed by atoms with Crippen LogP contribution in [0.5, 0.6) is 0 Å². The Morgan fingerprint density at radius 2 is 1.92 bits per heavy atom. The monoisotopic (exact) mass is 170 g/mol. The SMILES string of the molecule is C=CC(=C)/C=C\Cc1ccccc1. The fourth-order valence-corrected chi connectivity index (χ4v) is 1.03. The summed E-state index contributed by atoms with van der Waals surface area (Å²) in [6.07, 6.45) is 6.79. The fourth-order valence-electron chi connectivity index (χ4n) is 1.03. The van der Waals surface area contributed by atoms with E-state index in [-0.39, 0.29) is 0 Å². The normalized spacial score (nSPS) is 10.2. The van der Waals surface area contributed by atoms with Gasteiger partial charge in [0.1, 0.15) is 0 Å². The highest BCUT2D eigenvalue weighted by molar-refractivity contribution is 5.27. The van der Waals surface area contributed by atoms with E-state index in [0.29, 0.717) is 0 Å². The summed E-state index contributed by atoms with van der Waals surface area (Å²) in [6.45, 7) is 7.43. The number of benzene rings is 1. The van der Waals surface area contributed by atoms with E-state index in [2.05, 4.69) is 31.4 Å². The van der Waals surface area contributed by atoms with Crippen LogP contribution in [0.3, 0.4) is 0 Å². The van der Waals surface area contributed by atoms with Gasteiger partial charge in [-0.3, -0.25) is 0 Å². The minimum Gasteiger partial charge on any atom is -0.0985 e. The zero-order valence-corrected chi connectivity index (χ0v) is 7.74. The van der Waals surface area contributed by atoms with E-state index in [4.69, 9.17) is 0 Å². The van der Waals surface area contributed by atoms with Crippen molar-refractivity contribution in [2.75, 3.05) is 0 Å². The Hall–Kier alpha value is -1.56. The van der Waals surface area contributed by atoms with Crippen LogP contribution in [0.2, 0.25) is 0 Å². The van der Waals surface area contributed by atoms with Crippen molar-refractivity contribution in [1.82, 2.24) is 0 Å². The maximum atomic E-state index is 3.80. The van der Waals surface area contributed by atoms with E-state index in [1.165, 1.54) is 5.56 Å². The van der Waals surface area contributed by atoms with Crippen LogP contribution in [0.1, 0.15) is 5.56 Å². The highest BCUT2D eigenvalue weighted by atomic mass is 13.9. The molecule has 0 N–H and O–H groups in total. The summed E-state index contributed by atoms with van der Waals surface area (Å²) in [6, 6.07) is 10.3. The minimum atomic E-state index is 0.952. The van der Waals surface area contributed by atoms with Crippen LogP contribution < -0.4 is 0 Å². The van der Waals surface area contributed by atoms with E-state index in [1.54, 1.807) is 6.08 Å². The number of hydrogen-bond acceptors (Lipinski definition) is 0. The quantitative estimate of drug-likeness (QED) is 0.606. The van der Waals surface area contributed by atoms with E-state index < -0.39 is 0 Å².